The molecule has 0 bridgehead atoms. The van der Waals surface area contributed by atoms with Crippen LogP contribution in [0.4, 0.5) is 5.69 Å². The molecule has 2 amide bonds. The van der Waals surface area contributed by atoms with Gasteiger partial charge in [-0.15, -0.1) is 0 Å². The van der Waals surface area contributed by atoms with E-state index in [4.69, 9.17) is 5.11 Å². The summed E-state index contributed by atoms with van der Waals surface area (Å²) in [5.74, 6) is 11.0. The summed E-state index contributed by atoms with van der Waals surface area (Å²) in [7, 11) is 0. The number of hydrogen-bond acceptors (Lipinski definition) is 5. The summed E-state index contributed by atoms with van der Waals surface area (Å²) < 4.78 is 0. The van der Waals surface area contributed by atoms with Crippen LogP contribution in [-0.4, -0.2) is 46.6 Å². The lowest BCUT2D eigenvalue weighted by atomic mass is 9.86. The first kappa shape index (κ1) is 28.7. The average molecular weight is 515 g/mol. The summed E-state index contributed by atoms with van der Waals surface area (Å²) in [6.45, 7) is 0.594. The van der Waals surface area contributed by atoms with E-state index in [1.54, 1.807) is 24.3 Å². The minimum Gasteiger partial charge on any atom is -0.391 e. The molecular formula is C31H34N2O5. The standard InChI is InChI=1S/C31H34N2O5/c1-22(35)30(28(36)21-34)33-31(38)26-16-11-24(12-17-26)9-5-6-10-25-13-18-27(19-14-25)32-29(37)20-15-23-7-3-2-4-8-23/h11-14,16-19,22-23,30,34-35H,2-4,7-8,15,20-21H2,1H3,(H,32,37)(H,33,38)/t22-,30+/m1/s1. The number of benzene rings is 2. The fraction of sp³-hybridized carbons (Fsp3) is 0.387. The lowest BCUT2D eigenvalue weighted by Gasteiger charge is -2.20. The van der Waals surface area contributed by atoms with E-state index >= 15 is 0 Å². The Morgan fingerprint density at radius 3 is 2.05 bits per heavy atom. The van der Waals surface area contributed by atoms with Crippen LogP contribution in [0.25, 0.3) is 0 Å². The molecule has 0 saturated heterocycles. The summed E-state index contributed by atoms with van der Waals surface area (Å²) in [4.78, 5) is 36.3. The summed E-state index contributed by atoms with van der Waals surface area (Å²) in [5, 5.41) is 24.0. The number of anilines is 1. The second-order valence-electron chi connectivity index (χ2n) is 9.56. The van der Waals surface area contributed by atoms with Crippen molar-refractivity contribution >= 4 is 23.3 Å². The molecule has 1 fully saturated rings. The van der Waals surface area contributed by atoms with Crippen molar-refractivity contribution < 1.29 is 24.6 Å². The third kappa shape index (κ3) is 9.19. The summed E-state index contributed by atoms with van der Waals surface area (Å²) >= 11 is 0. The summed E-state index contributed by atoms with van der Waals surface area (Å²) in [6.07, 6.45) is 6.76. The van der Waals surface area contributed by atoms with E-state index in [-0.39, 0.29) is 5.91 Å². The molecule has 0 aromatic heterocycles. The predicted octanol–water partition coefficient (Wildman–Crippen LogP) is 3.43. The molecule has 0 spiro atoms. The first-order valence-electron chi connectivity index (χ1n) is 13.0. The maximum Gasteiger partial charge on any atom is 0.251 e. The van der Waals surface area contributed by atoms with E-state index in [0.717, 1.165) is 17.7 Å². The number of Topliss-reactive ketones (excluding diaryl/α,β-unsaturated/α-hetero) is 1. The van der Waals surface area contributed by atoms with Gasteiger partial charge in [0.05, 0.1) is 6.10 Å². The molecule has 7 nitrogen and oxygen atoms in total. The van der Waals surface area contributed by atoms with Gasteiger partial charge in [-0.2, -0.15) is 0 Å². The molecule has 2 aromatic carbocycles. The Bertz CT molecular complexity index is 1220. The lowest BCUT2D eigenvalue weighted by molar-refractivity contribution is -0.126. The monoisotopic (exact) mass is 514 g/mol. The molecule has 0 aliphatic heterocycles. The molecule has 3 rings (SSSR count). The van der Waals surface area contributed by atoms with E-state index in [1.165, 1.54) is 39.0 Å². The topological polar surface area (TPSA) is 116 Å². The van der Waals surface area contributed by atoms with E-state index in [2.05, 4.69) is 34.3 Å². The van der Waals surface area contributed by atoms with Crippen molar-refractivity contribution in [2.24, 2.45) is 5.92 Å². The molecule has 0 radical (unpaired) electrons. The largest absolute Gasteiger partial charge is 0.391 e. The number of carbonyl (C=O) groups is 3. The van der Waals surface area contributed by atoms with Crippen LogP contribution < -0.4 is 10.6 Å². The molecule has 2 aromatic rings. The van der Waals surface area contributed by atoms with Gasteiger partial charge in [-0.1, -0.05) is 43.9 Å². The van der Waals surface area contributed by atoms with Crippen LogP contribution in [0.1, 0.15) is 73.4 Å². The number of aliphatic hydroxyl groups is 2. The Balaban J connectivity index is 1.48. The number of amides is 2. The molecule has 7 heteroatoms. The molecular weight excluding hydrogens is 480 g/mol. The Labute approximate surface area is 224 Å². The molecule has 1 saturated carbocycles. The number of nitrogens with one attached hydrogen (secondary N) is 2. The fourth-order valence-electron chi connectivity index (χ4n) is 4.38. The van der Waals surface area contributed by atoms with Crippen LogP contribution in [0.3, 0.4) is 0 Å². The normalized spacial score (nSPS) is 14.6. The van der Waals surface area contributed by atoms with Gasteiger partial charge in [-0.05, 0) is 79.6 Å². The summed E-state index contributed by atoms with van der Waals surface area (Å²) in [5.41, 5.74) is 2.47. The van der Waals surface area contributed by atoms with Gasteiger partial charge in [0.2, 0.25) is 5.91 Å². The van der Waals surface area contributed by atoms with Crippen molar-refractivity contribution in [3.05, 3.63) is 65.2 Å². The molecule has 1 aliphatic rings. The van der Waals surface area contributed by atoms with Gasteiger partial charge in [0, 0.05) is 28.8 Å². The van der Waals surface area contributed by atoms with Crippen LogP contribution in [-0.2, 0) is 9.59 Å². The van der Waals surface area contributed by atoms with Crippen molar-refractivity contribution in [1.82, 2.24) is 5.32 Å². The maximum atomic E-state index is 12.4. The maximum absolute atomic E-state index is 12.4. The molecule has 38 heavy (non-hydrogen) atoms. The Morgan fingerprint density at radius 1 is 0.921 bits per heavy atom. The highest BCUT2D eigenvalue weighted by atomic mass is 16.3. The highest BCUT2D eigenvalue weighted by molar-refractivity contribution is 5.98. The fourth-order valence-corrected chi connectivity index (χ4v) is 4.38. The SMILES string of the molecule is C[C@@H](O)[C@H](NC(=O)c1ccc(C#CC#Cc2ccc(NC(=O)CCC3CCCCC3)cc2)cc1)C(=O)CO. The summed E-state index contributed by atoms with van der Waals surface area (Å²) in [6, 6.07) is 12.6. The van der Waals surface area contributed by atoms with E-state index in [9.17, 15) is 19.5 Å². The van der Waals surface area contributed by atoms with Crippen molar-refractivity contribution in [2.45, 2.75) is 64.0 Å². The molecule has 198 valence electrons. The quantitative estimate of drug-likeness (QED) is 0.383. The van der Waals surface area contributed by atoms with Crippen molar-refractivity contribution in [3.63, 3.8) is 0 Å². The predicted molar refractivity (Wildman–Crippen MR) is 146 cm³/mol. The number of carbonyl (C=O) groups excluding carboxylic acids is 3. The van der Waals surface area contributed by atoms with Crippen LogP contribution in [0.15, 0.2) is 48.5 Å². The zero-order valence-corrected chi connectivity index (χ0v) is 21.6. The van der Waals surface area contributed by atoms with E-state index < -0.39 is 30.4 Å². The third-order valence-corrected chi connectivity index (χ3v) is 6.57. The first-order valence-corrected chi connectivity index (χ1v) is 13.0. The highest BCUT2D eigenvalue weighted by Gasteiger charge is 2.25. The van der Waals surface area contributed by atoms with Gasteiger partial charge in [0.15, 0.2) is 5.78 Å². The van der Waals surface area contributed by atoms with Crippen LogP contribution >= 0.6 is 0 Å². The van der Waals surface area contributed by atoms with Gasteiger partial charge in [0.25, 0.3) is 5.91 Å². The van der Waals surface area contributed by atoms with Gasteiger partial charge >= 0.3 is 0 Å². The third-order valence-electron chi connectivity index (χ3n) is 6.57. The molecule has 2 atom stereocenters. The van der Waals surface area contributed by atoms with Gasteiger partial charge in [-0.25, -0.2) is 0 Å². The molecule has 4 N–H and O–H groups in total. The molecule has 1 aliphatic carbocycles. The lowest BCUT2D eigenvalue weighted by Crippen LogP contribution is -2.48. The van der Waals surface area contributed by atoms with Crippen molar-refractivity contribution in [1.29, 1.82) is 0 Å². The van der Waals surface area contributed by atoms with Crippen molar-refractivity contribution in [3.8, 4) is 23.7 Å². The zero-order valence-electron chi connectivity index (χ0n) is 21.6. The minimum atomic E-state index is -1.18. The Hall–Kier alpha value is -3.91. The van der Waals surface area contributed by atoms with Gasteiger partial charge in [-0.3, -0.25) is 14.4 Å². The zero-order chi connectivity index (χ0) is 27.3. The second kappa shape index (κ2) is 14.7. The van der Waals surface area contributed by atoms with Gasteiger partial charge < -0.3 is 20.8 Å². The number of rotatable bonds is 9. The van der Waals surface area contributed by atoms with Crippen molar-refractivity contribution in [2.75, 3.05) is 11.9 Å². The minimum absolute atomic E-state index is 0.0465. The molecule has 0 heterocycles. The van der Waals surface area contributed by atoms with E-state index in [0.29, 0.717) is 23.5 Å². The smallest absolute Gasteiger partial charge is 0.251 e. The Kier molecular flexibility index (Phi) is 11.1. The van der Waals surface area contributed by atoms with Crippen LogP contribution in [0.5, 0.6) is 0 Å². The number of hydrogen-bond donors (Lipinski definition) is 4. The molecule has 0 unspecified atom stereocenters. The van der Waals surface area contributed by atoms with Gasteiger partial charge in [0.1, 0.15) is 12.6 Å². The average Bonchev–Trinajstić information content (AvgIpc) is 2.94. The Morgan fingerprint density at radius 2 is 1.50 bits per heavy atom. The van der Waals surface area contributed by atoms with Crippen LogP contribution in [0.2, 0.25) is 0 Å². The van der Waals surface area contributed by atoms with Crippen LogP contribution in [0, 0.1) is 29.6 Å². The second-order valence-corrected chi connectivity index (χ2v) is 9.56. The number of aliphatic hydroxyl groups excluding tert-OH is 2. The van der Waals surface area contributed by atoms with E-state index in [1.807, 2.05) is 24.3 Å². The number of ketones is 1. The highest BCUT2D eigenvalue weighted by Crippen LogP contribution is 2.27. The first-order chi connectivity index (χ1) is 18.4.